The fraction of sp³-hybridized carbons (Fsp3) is 0.273. The van der Waals surface area contributed by atoms with E-state index in [-0.39, 0.29) is 6.54 Å². The van der Waals surface area contributed by atoms with Gasteiger partial charge in [-0.1, -0.05) is 5.16 Å². The summed E-state index contributed by atoms with van der Waals surface area (Å²) in [6, 6.07) is 3.20. The summed E-state index contributed by atoms with van der Waals surface area (Å²) in [5, 5.41) is 3.60. The second kappa shape index (κ2) is 4.32. The summed E-state index contributed by atoms with van der Waals surface area (Å²) >= 11 is 0. The van der Waals surface area contributed by atoms with E-state index in [1.165, 1.54) is 0 Å². The summed E-state index contributed by atoms with van der Waals surface area (Å²) in [5.74, 6) is 0.328. The molecule has 0 saturated carbocycles. The van der Waals surface area contributed by atoms with Crippen molar-refractivity contribution in [1.29, 1.82) is 0 Å². The standard InChI is InChI=1S/C11H9F3N2O2/c1-7-4-9(18-15-7)6-16-5-8(11(12,13)14)2-3-10(16)17/h2-5H,6H2,1H3. The van der Waals surface area contributed by atoms with Crippen molar-refractivity contribution in [3.05, 3.63) is 51.8 Å². The number of pyridine rings is 1. The zero-order valence-electron chi connectivity index (χ0n) is 9.36. The van der Waals surface area contributed by atoms with Crippen LogP contribution in [0.25, 0.3) is 0 Å². The Kier molecular flexibility index (Phi) is 2.98. The number of rotatable bonds is 2. The van der Waals surface area contributed by atoms with Crippen molar-refractivity contribution in [2.45, 2.75) is 19.6 Å². The Bertz CT molecular complexity index is 613. The summed E-state index contributed by atoms with van der Waals surface area (Å²) in [7, 11) is 0. The summed E-state index contributed by atoms with van der Waals surface area (Å²) in [4.78, 5) is 11.4. The molecule has 0 fully saturated rings. The lowest BCUT2D eigenvalue weighted by Crippen LogP contribution is -2.21. The number of halogens is 3. The van der Waals surface area contributed by atoms with Gasteiger partial charge in [0, 0.05) is 18.3 Å². The van der Waals surface area contributed by atoms with Crippen LogP contribution in [-0.4, -0.2) is 9.72 Å². The average Bonchev–Trinajstić information content (AvgIpc) is 2.66. The van der Waals surface area contributed by atoms with Crippen LogP contribution in [0.2, 0.25) is 0 Å². The van der Waals surface area contributed by atoms with Crippen LogP contribution in [0.3, 0.4) is 0 Å². The maximum absolute atomic E-state index is 12.5. The molecule has 0 unspecified atom stereocenters. The van der Waals surface area contributed by atoms with Gasteiger partial charge in [0.2, 0.25) is 0 Å². The van der Waals surface area contributed by atoms with Gasteiger partial charge in [0.05, 0.1) is 17.8 Å². The number of alkyl halides is 3. The molecule has 18 heavy (non-hydrogen) atoms. The Morgan fingerprint density at radius 2 is 2.11 bits per heavy atom. The molecule has 0 aliphatic carbocycles. The van der Waals surface area contributed by atoms with Gasteiger partial charge in [-0.15, -0.1) is 0 Å². The minimum absolute atomic E-state index is 0.0798. The van der Waals surface area contributed by atoms with Crippen molar-refractivity contribution >= 4 is 0 Å². The van der Waals surface area contributed by atoms with Gasteiger partial charge >= 0.3 is 6.18 Å². The van der Waals surface area contributed by atoms with Gasteiger partial charge in [0.25, 0.3) is 5.56 Å². The van der Waals surface area contributed by atoms with E-state index < -0.39 is 17.3 Å². The third-order valence-electron chi connectivity index (χ3n) is 2.31. The maximum atomic E-state index is 12.5. The molecule has 0 spiro atoms. The van der Waals surface area contributed by atoms with Crippen LogP contribution in [0.5, 0.6) is 0 Å². The van der Waals surface area contributed by atoms with Crippen molar-refractivity contribution < 1.29 is 17.7 Å². The molecule has 96 valence electrons. The largest absolute Gasteiger partial charge is 0.417 e. The SMILES string of the molecule is Cc1cc(Cn2cc(C(F)(F)F)ccc2=O)on1. The van der Waals surface area contributed by atoms with Crippen molar-refractivity contribution in [3.63, 3.8) is 0 Å². The highest BCUT2D eigenvalue weighted by Gasteiger charge is 2.31. The van der Waals surface area contributed by atoms with Crippen LogP contribution in [0.15, 0.2) is 33.7 Å². The lowest BCUT2D eigenvalue weighted by Gasteiger charge is -2.09. The van der Waals surface area contributed by atoms with Crippen molar-refractivity contribution in [3.8, 4) is 0 Å². The molecule has 0 radical (unpaired) electrons. The molecule has 0 aliphatic rings. The number of nitrogens with zero attached hydrogens (tertiary/aromatic N) is 2. The molecule has 2 rings (SSSR count). The molecule has 7 heteroatoms. The molecule has 4 nitrogen and oxygen atoms in total. The molecule has 2 heterocycles. The number of aromatic nitrogens is 2. The van der Waals surface area contributed by atoms with Crippen LogP contribution in [-0.2, 0) is 12.7 Å². The molecule has 0 aromatic carbocycles. The zero-order chi connectivity index (χ0) is 13.3. The molecule has 2 aromatic rings. The molecule has 0 atom stereocenters. The first kappa shape index (κ1) is 12.4. The third-order valence-corrected chi connectivity index (χ3v) is 2.31. The highest BCUT2D eigenvalue weighted by molar-refractivity contribution is 5.15. The maximum Gasteiger partial charge on any atom is 0.417 e. The lowest BCUT2D eigenvalue weighted by molar-refractivity contribution is -0.138. The highest BCUT2D eigenvalue weighted by atomic mass is 19.4. The Hall–Kier alpha value is -2.05. The normalized spacial score (nSPS) is 11.8. The van der Waals surface area contributed by atoms with Gasteiger partial charge in [-0.2, -0.15) is 13.2 Å². The topological polar surface area (TPSA) is 48.0 Å². The molecular formula is C11H9F3N2O2. The highest BCUT2D eigenvalue weighted by Crippen LogP contribution is 2.28. The van der Waals surface area contributed by atoms with E-state index >= 15 is 0 Å². The quantitative estimate of drug-likeness (QED) is 0.829. The van der Waals surface area contributed by atoms with Crippen molar-refractivity contribution in [1.82, 2.24) is 9.72 Å². The number of hydrogen-bond acceptors (Lipinski definition) is 3. The second-order valence-electron chi connectivity index (χ2n) is 3.82. The number of hydrogen-bond donors (Lipinski definition) is 0. The monoisotopic (exact) mass is 258 g/mol. The minimum Gasteiger partial charge on any atom is -0.359 e. The van der Waals surface area contributed by atoms with Crippen LogP contribution in [0.1, 0.15) is 17.0 Å². The molecule has 2 aromatic heterocycles. The van der Waals surface area contributed by atoms with Gasteiger partial charge in [-0.25, -0.2) is 0 Å². The smallest absolute Gasteiger partial charge is 0.359 e. The molecule has 0 aliphatic heterocycles. The summed E-state index contributed by atoms with van der Waals surface area (Å²) in [5.41, 5.74) is -0.805. The zero-order valence-corrected chi connectivity index (χ0v) is 9.36. The van der Waals surface area contributed by atoms with E-state index in [0.29, 0.717) is 11.5 Å². The van der Waals surface area contributed by atoms with Crippen molar-refractivity contribution in [2.24, 2.45) is 0 Å². The molecule has 0 bridgehead atoms. The van der Waals surface area contributed by atoms with Gasteiger partial charge in [-0.05, 0) is 13.0 Å². The van der Waals surface area contributed by atoms with E-state index in [1.54, 1.807) is 13.0 Å². The minimum atomic E-state index is -4.48. The summed E-state index contributed by atoms with van der Waals surface area (Å²) in [6.07, 6.45) is -3.72. The van der Waals surface area contributed by atoms with E-state index in [2.05, 4.69) is 5.16 Å². The van der Waals surface area contributed by atoms with Crippen LogP contribution in [0, 0.1) is 6.92 Å². The predicted octanol–water partition coefficient (Wildman–Crippen LogP) is 2.21. The Balaban J connectivity index is 2.35. The first-order chi connectivity index (χ1) is 8.36. The lowest BCUT2D eigenvalue weighted by atomic mass is 10.2. The Labute approximate surface area is 99.6 Å². The predicted molar refractivity (Wildman–Crippen MR) is 56.0 cm³/mol. The van der Waals surface area contributed by atoms with E-state index in [4.69, 9.17) is 4.52 Å². The van der Waals surface area contributed by atoms with E-state index in [1.807, 2.05) is 0 Å². The Morgan fingerprint density at radius 1 is 1.39 bits per heavy atom. The molecular weight excluding hydrogens is 249 g/mol. The second-order valence-corrected chi connectivity index (χ2v) is 3.82. The van der Waals surface area contributed by atoms with Gasteiger partial charge < -0.3 is 9.09 Å². The number of aryl methyl sites for hydroxylation is 1. The average molecular weight is 258 g/mol. The molecule has 0 N–H and O–H groups in total. The van der Waals surface area contributed by atoms with E-state index in [9.17, 15) is 18.0 Å². The van der Waals surface area contributed by atoms with Crippen molar-refractivity contribution in [2.75, 3.05) is 0 Å². The molecule has 0 saturated heterocycles. The first-order valence-corrected chi connectivity index (χ1v) is 5.06. The van der Waals surface area contributed by atoms with Gasteiger partial charge in [0.1, 0.15) is 0 Å². The fourth-order valence-corrected chi connectivity index (χ4v) is 1.48. The van der Waals surface area contributed by atoms with Gasteiger partial charge in [0.15, 0.2) is 5.76 Å². The summed E-state index contributed by atoms with van der Waals surface area (Å²) < 4.78 is 43.3. The van der Waals surface area contributed by atoms with E-state index in [0.717, 1.165) is 22.9 Å². The van der Waals surface area contributed by atoms with Crippen LogP contribution in [0.4, 0.5) is 13.2 Å². The Morgan fingerprint density at radius 3 is 2.67 bits per heavy atom. The van der Waals surface area contributed by atoms with Crippen LogP contribution >= 0.6 is 0 Å². The summed E-state index contributed by atoms with van der Waals surface area (Å²) in [6.45, 7) is 1.60. The van der Waals surface area contributed by atoms with Crippen LogP contribution < -0.4 is 5.56 Å². The molecule has 0 amide bonds. The third kappa shape index (κ3) is 2.61. The fourth-order valence-electron chi connectivity index (χ4n) is 1.48. The first-order valence-electron chi connectivity index (χ1n) is 5.06. The van der Waals surface area contributed by atoms with Gasteiger partial charge in [-0.3, -0.25) is 4.79 Å².